The number of hydrogen-bond acceptors (Lipinski definition) is 3. The molecule has 0 aliphatic carbocycles. The Hall–Kier alpha value is -0.700. The summed E-state index contributed by atoms with van der Waals surface area (Å²) >= 11 is 4.09. The Balaban J connectivity index is 3.47. The molecule has 0 aliphatic rings. The lowest BCUT2D eigenvalue weighted by molar-refractivity contribution is -0.138. The summed E-state index contributed by atoms with van der Waals surface area (Å²) in [4.78, 5) is 11.6. The molecule has 0 aromatic heterocycles. The summed E-state index contributed by atoms with van der Waals surface area (Å²) in [6, 6.07) is 0. The molecule has 2 nitrogen and oxygen atoms in total. The van der Waals surface area contributed by atoms with Gasteiger partial charge in [-0.25, -0.2) is 4.79 Å². The summed E-state index contributed by atoms with van der Waals surface area (Å²) in [6.45, 7) is 6.05. The standard InChI is InChI=1S/C18H32O2S/c1-3-5-6-7-8-9-10-11-12-13-14-17(16-21)18(19)20-15-4-2/h4,16,21H,2-3,5-15H2,1H3. The van der Waals surface area contributed by atoms with Crippen molar-refractivity contribution in [3.05, 3.63) is 23.6 Å². The number of unbranched alkanes of at least 4 members (excludes halogenated alkanes) is 9. The van der Waals surface area contributed by atoms with Crippen LogP contribution >= 0.6 is 12.6 Å². The van der Waals surface area contributed by atoms with Crippen molar-refractivity contribution in [1.29, 1.82) is 0 Å². The number of carbonyl (C=O) groups is 1. The van der Waals surface area contributed by atoms with E-state index in [1.54, 1.807) is 11.5 Å². The number of esters is 1. The molecule has 0 atom stereocenters. The molecule has 0 rings (SSSR count). The van der Waals surface area contributed by atoms with Gasteiger partial charge in [-0.1, -0.05) is 77.4 Å². The fourth-order valence-corrected chi connectivity index (χ4v) is 2.48. The first-order chi connectivity index (χ1) is 10.3. The number of ether oxygens (including phenoxy) is 1. The minimum absolute atomic E-state index is 0.263. The monoisotopic (exact) mass is 312 g/mol. The van der Waals surface area contributed by atoms with Gasteiger partial charge < -0.3 is 4.74 Å². The van der Waals surface area contributed by atoms with Crippen molar-refractivity contribution in [2.45, 2.75) is 77.6 Å². The van der Waals surface area contributed by atoms with Crippen LogP contribution in [-0.4, -0.2) is 12.6 Å². The van der Waals surface area contributed by atoms with Gasteiger partial charge in [0.2, 0.25) is 0 Å². The molecule has 0 unspecified atom stereocenters. The van der Waals surface area contributed by atoms with Gasteiger partial charge in [0.1, 0.15) is 6.61 Å². The molecule has 0 bridgehead atoms. The Morgan fingerprint density at radius 2 is 1.52 bits per heavy atom. The van der Waals surface area contributed by atoms with Crippen LogP contribution in [0, 0.1) is 0 Å². The lowest BCUT2D eigenvalue weighted by Crippen LogP contribution is -2.07. The first kappa shape index (κ1) is 20.3. The average Bonchev–Trinajstić information content (AvgIpc) is 2.50. The van der Waals surface area contributed by atoms with E-state index in [0.29, 0.717) is 5.57 Å². The smallest absolute Gasteiger partial charge is 0.334 e. The van der Waals surface area contributed by atoms with Crippen molar-refractivity contribution in [3.63, 3.8) is 0 Å². The first-order valence-corrected chi connectivity index (χ1v) is 8.89. The van der Waals surface area contributed by atoms with Crippen LogP contribution in [0.2, 0.25) is 0 Å². The fourth-order valence-electron chi connectivity index (χ4n) is 2.25. The van der Waals surface area contributed by atoms with E-state index in [1.165, 1.54) is 57.8 Å². The van der Waals surface area contributed by atoms with Crippen molar-refractivity contribution in [1.82, 2.24) is 0 Å². The summed E-state index contributed by atoms with van der Waals surface area (Å²) in [5, 5.41) is 1.57. The lowest BCUT2D eigenvalue weighted by atomic mass is 10.0. The molecule has 0 spiro atoms. The molecular formula is C18H32O2S. The highest BCUT2D eigenvalue weighted by atomic mass is 32.1. The average molecular weight is 313 g/mol. The highest BCUT2D eigenvalue weighted by Crippen LogP contribution is 2.15. The van der Waals surface area contributed by atoms with Crippen LogP contribution in [0.4, 0.5) is 0 Å². The predicted molar refractivity (Wildman–Crippen MR) is 94.7 cm³/mol. The molecular weight excluding hydrogens is 280 g/mol. The van der Waals surface area contributed by atoms with Crippen molar-refractivity contribution in [2.24, 2.45) is 0 Å². The molecule has 21 heavy (non-hydrogen) atoms. The Morgan fingerprint density at radius 1 is 1.00 bits per heavy atom. The van der Waals surface area contributed by atoms with Crippen LogP contribution in [0.15, 0.2) is 23.6 Å². The Morgan fingerprint density at radius 3 is 2.00 bits per heavy atom. The van der Waals surface area contributed by atoms with Gasteiger partial charge in [-0.2, -0.15) is 12.6 Å². The van der Waals surface area contributed by atoms with Crippen LogP contribution < -0.4 is 0 Å². The molecule has 0 saturated heterocycles. The first-order valence-electron chi connectivity index (χ1n) is 8.37. The quantitative estimate of drug-likeness (QED) is 0.143. The minimum Gasteiger partial charge on any atom is -0.458 e. The second kappa shape index (κ2) is 15.7. The van der Waals surface area contributed by atoms with Crippen LogP contribution in [-0.2, 0) is 9.53 Å². The van der Waals surface area contributed by atoms with Crippen LogP contribution in [0.3, 0.4) is 0 Å². The zero-order chi connectivity index (χ0) is 15.8. The number of hydrogen-bond donors (Lipinski definition) is 1. The molecule has 0 heterocycles. The maximum Gasteiger partial charge on any atom is 0.334 e. The van der Waals surface area contributed by atoms with Gasteiger partial charge in [0.05, 0.1) is 0 Å². The van der Waals surface area contributed by atoms with E-state index in [1.807, 2.05) is 0 Å². The van der Waals surface area contributed by atoms with Crippen molar-refractivity contribution < 1.29 is 9.53 Å². The SMILES string of the molecule is C=CCOC(=O)C(=CS)CCCCCCCCCCCC. The van der Waals surface area contributed by atoms with Gasteiger partial charge >= 0.3 is 5.97 Å². The molecule has 0 amide bonds. The molecule has 0 radical (unpaired) electrons. The molecule has 0 aromatic carbocycles. The number of thiol groups is 1. The van der Waals surface area contributed by atoms with E-state index in [-0.39, 0.29) is 12.6 Å². The van der Waals surface area contributed by atoms with Gasteiger partial charge in [0, 0.05) is 5.57 Å². The predicted octanol–water partition coefficient (Wildman–Crippen LogP) is 5.84. The maximum absolute atomic E-state index is 11.6. The molecule has 0 saturated carbocycles. The Bertz CT molecular complexity index is 298. The van der Waals surface area contributed by atoms with E-state index in [2.05, 4.69) is 26.1 Å². The third-order valence-electron chi connectivity index (χ3n) is 3.55. The van der Waals surface area contributed by atoms with E-state index >= 15 is 0 Å². The zero-order valence-corrected chi connectivity index (χ0v) is 14.5. The highest BCUT2D eigenvalue weighted by Gasteiger charge is 2.09. The van der Waals surface area contributed by atoms with Gasteiger partial charge in [0.15, 0.2) is 0 Å². The van der Waals surface area contributed by atoms with Crippen molar-refractivity contribution in [3.8, 4) is 0 Å². The fraction of sp³-hybridized carbons (Fsp3) is 0.722. The molecule has 0 aromatic rings. The molecule has 0 aliphatic heterocycles. The van der Waals surface area contributed by atoms with Crippen molar-refractivity contribution >= 4 is 18.6 Å². The van der Waals surface area contributed by atoms with Gasteiger partial charge in [-0.3, -0.25) is 0 Å². The van der Waals surface area contributed by atoms with E-state index in [0.717, 1.165) is 12.8 Å². The second-order valence-electron chi connectivity index (χ2n) is 5.47. The minimum atomic E-state index is -0.263. The molecule has 3 heteroatoms. The van der Waals surface area contributed by atoms with Gasteiger partial charge in [-0.15, -0.1) is 0 Å². The number of carbonyl (C=O) groups excluding carboxylic acids is 1. The van der Waals surface area contributed by atoms with Gasteiger partial charge in [-0.05, 0) is 18.2 Å². The molecule has 0 fully saturated rings. The summed E-state index contributed by atoms with van der Waals surface area (Å²) in [6.07, 6.45) is 15.3. The van der Waals surface area contributed by atoms with E-state index in [9.17, 15) is 4.79 Å². The molecule has 0 N–H and O–H groups in total. The summed E-state index contributed by atoms with van der Waals surface area (Å²) in [5.41, 5.74) is 0.666. The third-order valence-corrected chi connectivity index (χ3v) is 3.86. The summed E-state index contributed by atoms with van der Waals surface area (Å²) in [5.74, 6) is -0.263. The highest BCUT2D eigenvalue weighted by molar-refractivity contribution is 7.83. The van der Waals surface area contributed by atoms with E-state index < -0.39 is 0 Å². The van der Waals surface area contributed by atoms with Crippen LogP contribution in [0.1, 0.15) is 77.6 Å². The maximum atomic E-state index is 11.6. The largest absolute Gasteiger partial charge is 0.458 e. The summed E-state index contributed by atoms with van der Waals surface area (Å²) < 4.78 is 5.01. The zero-order valence-electron chi connectivity index (χ0n) is 13.6. The third kappa shape index (κ3) is 12.7. The second-order valence-corrected chi connectivity index (χ2v) is 5.73. The van der Waals surface area contributed by atoms with Gasteiger partial charge in [0.25, 0.3) is 0 Å². The Kier molecular flexibility index (Phi) is 15.2. The van der Waals surface area contributed by atoms with E-state index in [4.69, 9.17) is 4.74 Å². The summed E-state index contributed by atoms with van der Waals surface area (Å²) in [7, 11) is 0. The Labute approximate surface area is 136 Å². The topological polar surface area (TPSA) is 26.3 Å². The lowest BCUT2D eigenvalue weighted by Gasteiger charge is -2.06. The van der Waals surface area contributed by atoms with Crippen LogP contribution in [0.5, 0.6) is 0 Å². The number of rotatable bonds is 14. The van der Waals surface area contributed by atoms with Crippen molar-refractivity contribution in [2.75, 3.05) is 6.61 Å². The van der Waals surface area contributed by atoms with Crippen LogP contribution in [0.25, 0.3) is 0 Å². The molecule has 122 valence electrons. The normalized spacial score (nSPS) is 11.4.